The van der Waals surface area contributed by atoms with Crippen LogP contribution in [-0.4, -0.2) is 29.5 Å². The molecule has 10 heteroatoms. The molecule has 0 fully saturated rings. The molecule has 0 radical (unpaired) electrons. The molecule has 0 atom stereocenters. The Morgan fingerprint density at radius 1 is 0.585 bits per heavy atom. The second-order valence-electron chi connectivity index (χ2n) is 9.56. The van der Waals surface area contributed by atoms with Crippen LogP contribution in [0.4, 0.5) is 23.3 Å². The molecule has 2 aromatic carbocycles. The molecule has 6 aromatic rings. The third-order valence-corrected chi connectivity index (χ3v) is 7.06. The quantitative estimate of drug-likeness (QED) is 0.178. The fraction of sp³-hybridized carbons (Fsp3) is 0.0968. The molecule has 0 aliphatic carbocycles. The summed E-state index contributed by atoms with van der Waals surface area (Å²) in [5, 5.41) is 16.6. The number of halogens is 2. The fourth-order valence-corrected chi connectivity index (χ4v) is 4.95. The summed E-state index contributed by atoms with van der Waals surface area (Å²) >= 11 is 13.2. The van der Waals surface area contributed by atoms with Gasteiger partial charge in [-0.05, 0) is 61.4 Å². The van der Waals surface area contributed by atoms with Gasteiger partial charge in [0, 0.05) is 18.6 Å². The Kier molecular flexibility index (Phi) is 7.41. The molecule has 204 valence electrons. The van der Waals surface area contributed by atoms with Crippen LogP contribution in [0.2, 0.25) is 10.3 Å². The van der Waals surface area contributed by atoms with E-state index in [2.05, 4.69) is 30.8 Å². The maximum Gasteiger partial charge on any atom is 0.135 e. The molecule has 0 amide bonds. The van der Waals surface area contributed by atoms with Crippen LogP contribution >= 0.6 is 23.2 Å². The van der Waals surface area contributed by atoms with Gasteiger partial charge in [-0.3, -0.25) is 0 Å². The van der Waals surface area contributed by atoms with E-state index in [1.165, 1.54) is 0 Å². The van der Waals surface area contributed by atoms with Gasteiger partial charge in [-0.25, -0.2) is 19.3 Å². The van der Waals surface area contributed by atoms with Crippen molar-refractivity contribution in [3.63, 3.8) is 0 Å². The highest BCUT2D eigenvalue weighted by atomic mass is 35.5. The first-order valence-electron chi connectivity index (χ1n) is 13.0. The first-order chi connectivity index (χ1) is 19.9. The van der Waals surface area contributed by atoms with Crippen LogP contribution in [0.25, 0.3) is 11.4 Å². The lowest BCUT2D eigenvalue weighted by molar-refractivity contribution is 0.868. The SMILES string of the molecule is Cc1cc(Nc2ccc(Cc3ccc(Nc4cc(C)nn4-c4ccccc4)nc3Cl)c(Cl)n2)n(-c2ccccc2)n1. The van der Waals surface area contributed by atoms with Gasteiger partial charge < -0.3 is 10.6 Å². The summed E-state index contributed by atoms with van der Waals surface area (Å²) in [7, 11) is 0. The van der Waals surface area contributed by atoms with E-state index in [1.54, 1.807) is 0 Å². The molecule has 0 spiro atoms. The molecule has 41 heavy (non-hydrogen) atoms. The Morgan fingerprint density at radius 2 is 1.00 bits per heavy atom. The number of rotatable bonds is 8. The second kappa shape index (κ2) is 11.4. The predicted octanol–water partition coefficient (Wildman–Crippen LogP) is 7.85. The highest BCUT2D eigenvalue weighted by Gasteiger charge is 2.14. The first-order valence-corrected chi connectivity index (χ1v) is 13.8. The third kappa shape index (κ3) is 5.94. The van der Waals surface area contributed by atoms with Crippen molar-refractivity contribution in [2.75, 3.05) is 10.6 Å². The number of nitrogens with one attached hydrogen (secondary N) is 2. The second-order valence-corrected chi connectivity index (χ2v) is 10.3. The summed E-state index contributed by atoms with van der Waals surface area (Å²) in [6.45, 7) is 3.90. The number of hydrogen-bond acceptors (Lipinski definition) is 6. The summed E-state index contributed by atoms with van der Waals surface area (Å²) in [5.74, 6) is 2.82. The minimum absolute atomic E-state index is 0.387. The monoisotopic (exact) mass is 580 g/mol. The Hall–Kier alpha value is -4.66. The number of aryl methyl sites for hydroxylation is 2. The normalized spacial score (nSPS) is 11.0. The molecule has 0 unspecified atom stereocenters. The molecular weight excluding hydrogens is 555 g/mol. The van der Waals surface area contributed by atoms with Gasteiger partial charge in [0.1, 0.15) is 33.6 Å². The Labute approximate surface area is 247 Å². The van der Waals surface area contributed by atoms with Crippen LogP contribution in [0.5, 0.6) is 0 Å². The van der Waals surface area contributed by atoms with E-state index >= 15 is 0 Å². The highest BCUT2D eigenvalue weighted by molar-refractivity contribution is 6.31. The van der Waals surface area contributed by atoms with Crippen LogP contribution < -0.4 is 10.6 Å². The average molecular weight is 582 g/mol. The van der Waals surface area contributed by atoms with Gasteiger partial charge in [0.05, 0.1) is 22.8 Å². The van der Waals surface area contributed by atoms with E-state index in [9.17, 15) is 0 Å². The minimum atomic E-state index is 0.387. The largest absolute Gasteiger partial charge is 0.325 e. The molecule has 6 rings (SSSR count). The molecule has 0 aliphatic heterocycles. The van der Waals surface area contributed by atoms with Gasteiger partial charge in [-0.15, -0.1) is 0 Å². The van der Waals surface area contributed by atoms with E-state index < -0.39 is 0 Å². The zero-order valence-corrected chi connectivity index (χ0v) is 23.9. The van der Waals surface area contributed by atoms with Crippen molar-refractivity contribution < 1.29 is 0 Å². The standard InChI is InChI=1S/C31H26Cl2N8/c1-20-17-28(40(38-20)24-9-5-3-6-10-24)34-26-15-13-22(30(32)36-26)19-23-14-16-27(37-31(23)33)35-29-18-21(2)39-41(29)25-11-7-4-8-12-25/h3-18H,19H2,1-2H3,(H,34,36)(H,35,37). The molecular formula is C31H26Cl2N8. The van der Waals surface area contributed by atoms with Gasteiger partial charge >= 0.3 is 0 Å². The minimum Gasteiger partial charge on any atom is -0.325 e. The number of para-hydroxylation sites is 2. The number of anilines is 4. The van der Waals surface area contributed by atoms with Crippen LogP contribution in [0.15, 0.2) is 97.1 Å². The topological polar surface area (TPSA) is 85.5 Å². The summed E-state index contributed by atoms with van der Waals surface area (Å²) in [5.41, 5.74) is 5.35. The average Bonchev–Trinajstić information content (AvgIpc) is 3.53. The predicted molar refractivity (Wildman–Crippen MR) is 164 cm³/mol. The Morgan fingerprint density at radius 3 is 1.39 bits per heavy atom. The van der Waals surface area contributed by atoms with Crippen LogP contribution in [0.1, 0.15) is 22.5 Å². The van der Waals surface area contributed by atoms with Crippen molar-refractivity contribution in [3.8, 4) is 11.4 Å². The van der Waals surface area contributed by atoms with E-state index in [-0.39, 0.29) is 0 Å². The van der Waals surface area contributed by atoms with E-state index in [0.29, 0.717) is 28.4 Å². The molecule has 4 aromatic heterocycles. The van der Waals surface area contributed by atoms with Crippen molar-refractivity contribution in [1.29, 1.82) is 0 Å². The molecule has 0 bridgehead atoms. The highest BCUT2D eigenvalue weighted by Crippen LogP contribution is 2.28. The summed E-state index contributed by atoms with van der Waals surface area (Å²) in [6, 6.07) is 31.4. The van der Waals surface area contributed by atoms with Gasteiger partial charge in [0.25, 0.3) is 0 Å². The lowest BCUT2D eigenvalue weighted by atomic mass is 10.1. The van der Waals surface area contributed by atoms with Crippen LogP contribution in [-0.2, 0) is 6.42 Å². The van der Waals surface area contributed by atoms with Crippen molar-refractivity contribution in [2.45, 2.75) is 20.3 Å². The van der Waals surface area contributed by atoms with Crippen LogP contribution in [0, 0.1) is 13.8 Å². The Balaban J connectivity index is 1.18. The molecule has 4 heterocycles. The molecule has 2 N–H and O–H groups in total. The van der Waals surface area contributed by atoms with Gasteiger partial charge in [-0.1, -0.05) is 71.7 Å². The van der Waals surface area contributed by atoms with Crippen LogP contribution in [0.3, 0.4) is 0 Å². The molecule has 0 aliphatic rings. The lowest BCUT2D eigenvalue weighted by Crippen LogP contribution is -2.05. The maximum atomic E-state index is 6.62. The maximum absolute atomic E-state index is 6.62. The molecule has 0 saturated heterocycles. The van der Waals surface area contributed by atoms with E-state index in [4.69, 9.17) is 23.2 Å². The van der Waals surface area contributed by atoms with Gasteiger partial charge in [0.2, 0.25) is 0 Å². The number of pyridine rings is 2. The molecule has 8 nitrogen and oxygen atoms in total. The number of nitrogens with zero attached hydrogens (tertiary/aromatic N) is 6. The lowest BCUT2D eigenvalue weighted by Gasteiger charge is -2.12. The van der Waals surface area contributed by atoms with Crippen molar-refractivity contribution >= 4 is 46.5 Å². The van der Waals surface area contributed by atoms with Crippen molar-refractivity contribution in [3.05, 3.63) is 130 Å². The van der Waals surface area contributed by atoms with E-state index in [1.807, 2.05) is 120 Å². The summed E-state index contributed by atoms with van der Waals surface area (Å²) in [4.78, 5) is 9.16. The van der Waals surface area contributed by atoms with Crippen molar-refractivity contribution in [1.82, 2.24) is 29.5 Å². The van der Waals surface area contributed by atoms with Crippen molar-refractivity contribution in [2.24, 2.45) is 0 Å². The number of hydrogen-bond donors (Lipinski definition) is 2. The summed E-state index contributed by atoms with van der Waals surface area (Å²) < 4.78 is 3.68. The zero-order chi connectivity index (χ0) is 28.3. The zero-order valence-electron chi connectivity index (χ0n) is 22.4. The summed E-state index contributed by atoms with van der Waals surface area (Å²) in [6.07, 6.45) is 0.486. The number of aromatic nitrogens is 6. The molecule has 0 saturated carbocycles. The van der Waals surface area contributed by atoms with Gasteiger partial charge in [0.15, 0.2) is 0 Å². The smallest absolute Gasteiger partial charge is 0.135 e. The Bertz CT molecular complexity index is 1680. The fourth-order valence-electron chi connectivity index (χ4n) is 4.51. The number of benzene rings is 2. The first kappa shape index (κ1) is 26.6. The van der Waals surface area contributed by atoms with E-state index in [0.717, 1.165) is 45.5 Å². The third-order valence-electron chi connectivity index (χ3n) is 6.41. The van der Waals surface area contributed by atoms with Gasteiger partial charge in [-0.2, -0.15) is 10.2 Å².